The van der Waals surface area contributed by atoms with E-state index in [1.807, 2.05) is 4.90 Å². The highest BCUT2D eigenvalue weighted by Gasteiger charge is 2.27. The van der Waals surface area contributed by atoms with Crippen LogP contribution in [0.4, 0.5) is 23.1 Å². The maximum atomic E-state index is 11.6. The molecule has 1 aliphatic rings. The average molecular weight is 314 g/mol. The second kappa shape index (κ2) is 6.99. The molecule has 2 aromatic rings. The van der Waals surface area contributed by atoms with Gasteiger partial charge in [-0.05, 0) is 25.0 Å². The van der Waals surface area contributed by atoms with E-state index in [1.165, 1.54) is 6.33 Å². The minimum Gasteiger partial charge on any atom is -0.351 e. The van der Waals surface area contributed by atoms with Crippen molar-refractivity contribution in [2.45, 2.75) is 25.7 Å². The molecule has 3 heterocycles. The first-order chi connectivity index (χ1) is 11.3. The van der Waals surface area contributed by atoms with E-state index in [4.69, 9.17) is 0 Å². The van der Waals surface area contributed by atoms with Crippen LogP contribution in [-0.2, 0) is 0 Å². The zero-order valence-corrected chi connectivity index (χ0v) is 12.7. The predicted octanol–water partition coefficient (Wildman–Crippen LogP) is 2.90. The fourth-order valence-electron chi connectivity index (χ4n) is 2.70. The molecule has 2 aromatic heterocycles. The lowest BCUT2D eigenvalue weighted by Crippen LogP contribution is -2.26. The van der Waals surface area contributed by atoms with Crippen molar-refractivity contribution < 1.29 is 4.92 Å². The highest BCUT2D eigenvalue weighted by atomic mass is 16.6. The molecule has 0 unspecified atom stereocenters. The van der Waals surface area contributed by atoms with E-state index in [0.29, 0.717) is 11.6 Å². The van der Waals surface area contributed by atoms with Crippen molar-refractivity contribution in [2.24, 2.45) is 0 Å². The van der Waals surface area contributed by atoms with Gasteiger partial charge in [0, 0.05) is 19.3 Å². The molecule has 0 spiro atoms. The summed E-state index contributed by atoms with van der Waals surface area (Å²) in [5.74, 6) is 1.06. The second-order valence-electron chi connectivity index (χ2n) is 5.39. The fraction of sp³-hybridized carbons (Fsp3) is 0.400. The number of pyridine rings is 1. The smallest absolute Gasteiger partial charge is 0.351 e. The molecule has 1 fully saturated rings. The van der Waals surface area contributed by atoms with Gasteiger partial charge in [0.15, 0.2) is 0 Å². The number of anilines is 3. The Kier molecular flexibility index (Phi) is 4.60. The van der Waals surface area contributed by atoms with Gasteiger partial charge in [0.1, 0.15) is 12.1 Å². The minimum absolute atomic E-state index is 0.0972. The number of hydrogen-bond donors (Lipinski definition) is 1. The van der Waals surface area contributed by atoms with Gasteiger partial charge in [0.05, 0.1) is 4.92 Å². The first-order valence-electron chi connectivity index (χ1n) is 7.68. The molecule has 0 atom stereocenters. The van der Waals surface area contributed by atoms with Crippen molar-refractivity contribution in [3.8, 4) is 0 Å². The summed E-state index contributed by atoms with van der Waals surface area (Å²) < 4.78 is 0. The normalized spacial score (nSPS) is 15.0. The van der Waals surface area contributed by atoms with Crippen LogP contribution in [0.5, 0.6) is 0 Å². The van der Waals surface area contributed by atoms with Crippen molar-refractivity contribution in [1.82, 2.24) is 15.0 Å². The van der Waals surface area contributed by atoms with Gasteiger partial charge in [0.2, 0.25) is 11.6 Å². The lowest BCUT2D eigenvalue weighted by molar-refractivity contribution is -0.383. The topological polar surface area (TPSA) is 97.1 Å². The molecule has 1 saturated heterocycles. The largest absolute Gasteiger partial charge is 0.353 e. The molecule has 1 N–H and O–H groups in total. The van der Waals surface area contributed by atoms with E-state index in [9.17, 15) is 10.1 Å². The third-order valence-corrected chi connectivity index (χ3v) is 3.80. The van der Waals surface area contributed by atoms with Gasteiger partial charge >= 0.3 is 5.69 Å². The number of nitrogens with one attached hydrogen (secondary N) is 1. The molecule has 3 rings (SSSR count). The summed E-state index contributed by atoms with van der Waals surface area (Å²) in [6.07, 6.45) is 7.31. The van der Waals surface area contributed by atoms with Crippen LogP contribution in [0, 0.1) is 10.1 Å². The van der Waals surface area contributed by atoms with Crippen molar-refractivity contribution in [1.29, 1.82) is 0 Å². The monoisotopic (exact) mass is 314 g/mol. The Labute approximate surface area is 133 Å². The first-order valence-corrected chi connectivity index (χ1v) is 7.68. The molecule has 0 saturated carbocycles. The highest BCUT2D eigenvalue weighted by molar-refractivity contribution is 5.73. The standard InChI is InChI=1S/C15H18N6O2/c22-21(23)13-14(19-12-7-3-4-8-16-12)17-11-18-15(13)20-9-5-1-2-6-10-20/h3-4,7-8,11H,1-2,5-6,9-10H2,(H,16,17,18,19). The molecule has 0 aliphatic carbocycles. The van der Waals surface area contributed by atoms with Crippen LogP contribution in [0.25, 0.3) is 0 Å². The Morgan fingerprint density at radius 1 is 1.09 bits per heavy atom. The van der Waals surface area contributed by atoms with Crippen LogP contribution in [-0.4, -0.2) is 33.0 Å². The Morgan fingerprint density at radius 3 is 2.52 bits per heavy atom. The SMILES string of the molecule is O=[N+]([O-])c1c(Nc2ccccn2)ncnc1N1CCCCCC1. The number of aromatic nitrogens is 3. The van der Waals surface area contributed by atoms with Gasteiger partial charge in [-0.15, -0.1) is 0 Å². The van der Waals surface area contributed by atoms with Crippen LogP contribution in [0.15, 0.2) is 30.7 Å². The van der Waals surface area contributed by atoms with Crippen molar-refractivity contribution in [2.75, 3.05) is 23.3 Å². The third kappa shape index (κ3) is 3.53. The van der Waals surface area contributed by atoms with Crippen LogP contribution in [0.1, 0.15) is 25.7 Å². The van der Waals surface area contributed by atoms with Gasteiger partial charge in [-0.2, -0.15) is 0 Å². The maximum Gasteiger partial charge on any atom is 0.353 e. The minimum atomic E-state index is -0.425. The van der Waals surface area contributed by atoms with Gasteiger partial charge in [-0.3, -0.25) is 10.1 Å². The first kappa shape index (κ1) is 15.1. The summed E-state index contributed by atoms with van der Waals surface area (Å²) in [6.45, 7) is 1.56. The Hall–Kier alpha value is -2.77. The summed E-state index contributed by atoms with van der Waals surface area (Å²) in [4.78, 5) is 25.5. The van der Waals surface area contributed by atoms with Crippen LogP contribution in [0.2, 0.25) is 0 Å². The molecule has 0 bridgehead atoms. The molecule has 8 nitrogen and oxygen atoms in total. The molecule has 23 heavy (non-hydrogen) atoms. The second-order valence-corrected chi connectivity index (χ2v) is 5.39. The Morgan fingerprint density at radius 2 is 1.87 bits per heavy atom. The molecular formula is C15H18N6O2. The maximum absolute atomic E-state index is 11.6. The fourth-order valence-corrected chi connectivity index (χ4v) is 2.70. The zero-order chi connectivity index (χ0) is 16.1. The van der Waals surface area contributed by atoms with Gasteiger partial charge < -0.3 is 10.2 Å². The average Bonchev–Trinajstić information content (AvgIpc) is 2.84. The molecular weight excluding hydrogens is 296 g/mol. The van der Waals surface area contributed by atoms with Gasteiger partial charge in [0.25, 0.3) is 0 Å². The summed E-state index contributed by atoms with van der Waals surface area (Å²) >= 11 is 0. The number of nitrogens with zero attached hydrogens (tertiary/aromatic N) is 5. The molecule has 0 radical (unpaired) electrons. The van der Waals surface area contributed by atoms with Crippen LogP contribution < -0.4 is 10.2 Å². The zero-order valence-electron chi connectivity index (χ0n) is 12.7. The number of hydrogen-bond acceptors (Lipinski definition) is 7. The summed E-state index contributed by atoms with van der Waals surface area (Å²) in [6, 6.07) is 5.32. The van der Waals surface area contributed by atoms with E-state index < -0.39 is 4.92 Å². The third-order valence-electron chi connectivity index (χ3n) is 3.80. The van der Waals surface area contributed by atoms with Crippen molar-refractivity contribution >= 4 is 23.1 Å². The van der Waals surface area contributed by atoms with Gasteiger partial charge in [-0.1, -0.05) is 18.9 Å². The Bertz CT molecular complexity index is 671. The summed E-state index contributed by atoms with van der Waals surface area (Å²) in [5.41, 5.74) is -0.0972. The van der Waals surface area contributed by atoms with Crippen LogP contribution in [0.3, 0.4) is 0 Å². The van der Waals surface area contributed by atoms with Crippen molar-refractivity contribution in [3.63, 3.8) is 0 Å². The number of nitro groups is 1. The molecule has 0 amide bonds. The Balaban J connectivity index is 1.96. The molecule has 8 heteroatoms. The molecule has 120 valence electrons. The van der Waals surface area contributed by atoms with E-state index in [2.05, 4.69) is 20.3 Å². The van der Waals surface area contributed by atoms with E-state index >= 15 is 0 Å². The van der Waals surface area contributed by atoms with Crippen molar-refractivity contribution in [3.05, 3.63) is 40.8 Å². The summed E-state index contributed by atoms with van der Waals surface area (Å²) in [5, 5.41) is 14.5. The van der Waals surface area contributed by atoms with E-state index in [1.54, 1.807) is 24.4 Å². The highest BCUT2D eigenvalue weighted by Crippen LogP contribution is 2.34. The number of rotatable bonds is 4. The molecule has 1 aliphatic heterocycles. The van der Waals surface area contributed by atoms with E-state index in [-0.39, 0.29) is 11.5 Å². The van der Waals surface area contributed by atoms with E-state index in [0.717, 1.165) is 38.8 Å². The quantitative estimate of drug-likeness (QED) is 0.684. The lowest BCUT2D eigenvalue weighted by atomic mass is 10.2. The van der Waals surface area contributed by atoms with Crippen LogP contribution >= 0.6 is 0 Å². The molecule has 0 aromatic carbocycles. The summed E-state index contributed by atoms with van der Waals surface area (Å²) in [7, 11) is 0. The predicted molar refractivity (Wildman–Crippen MR) is 86.9 cm³/mol. The lowest BCUT2D eigenvalue weighted by Gasteiger charge is -2.21. The van der Waals surface area contributed by atoms with Gasteiger partial charge in [-0.25, -0.2) is 15.0 Å².